The van der Waals surface area contributed by atoms with Crippen molar-refractivity contribution >= 4 is 33.5 Å². The third kappa shape index (κ3) is 1.20. The molecule has 0 saturated carbocycles. The van der Waals surface area contributed by atoms with Gasteiger partial charge in [-0.05, 0) is 5.56 Å². The molecule has 0 N–H and O–H groups in total. The lowest BCUT2D eigenvalue weighted by atomic mass is 9.77. The first-order valence-corrected chi connectivity index (χ1v) is 5.25. The molecular weight excluding hydrogens is 204 g/mol. The molecule has 2 rings (SSSR count). The van der Waals surface area contributed by atoms with Gasteiger partial charge in [-0.15, -0.1) is 5.46 Å². The van der Waals surface area contributed by atoms with E-state index in [1.54, 1.807) is 0 Å². The van der Waals surface area contributed by atoms with Crippen LogP contribution >= 0.6 is 22.9 Å². The second kappa shape index (κ2) is 2.66. The Labute approximate surface area is 88.6 Å². The summed E-state index contributed by atoms with van der Waals surface area (Å²) in [6, 6.07) is 8.15. The van der Waals surface area contributed by atoms with Gasteiger partial charge in [0.25, 0.3) is 0 Å². The minimum absolute atomic E-state index is 0.655. The highest BCUT2D eigenvalue weighted by Crippen LogP contribution is 2.33. The van der Waals surface area contributed by atoms with Gasteiger partial charge in [0.2, 0.25) is 0 Å². The van der Waals surface area contributed by atoms with Gasteiger partial charge in [-0.2, -0.15) is 0 Å². The normalized spacial score (nSPS) is 22.8. The smallest absolute Gasteiger partial charge is 0.404 e. The summed E-state index contributed by atoms with van der Waals surface area (Å²) in [6.07, 6.45) is 0. The first kappa shape index (κ1) is 9.38. The SMILES string of the molecule is C[N+]1(C)Cc2ccccc2[B-]1(Cl)Cl. The summed E-state index contributed by atoms with van der Waals surface area (Å²) < 4.78 is 0.655. The minimum Gasteiger partial charge on any atom is -0.486 e. The molecule has 0 atom stereocenters. The first-order chi connectivity index (χ1) is 5.95. The van der Waals surface area contributed by atoms with Crippen LogP contribution in [0, 0.1) is 0 Å². The predicted molar refractivity (Wildman–Crippen MR) is 59.3 cm³/mol. The summed E-state index contributed by atoms with van der Waals surface area (Å²) in [5, 5.41) is -1.48. The standard InChI is InChI=1S/C9H12BCl2N/c1-13(2)7-8-5-3-4-6-9(8)10(13,11)12/h3-6H,7H2,1-2H3. The largest absolute Gasteiger partial charge is 0.486 e. The van der Waals surface area contributed by atoms with Crippen molar-refractivity contribution in [2.24, 2.45) is 0 Å². The Hall–Kier alpha value is -0.175. The van der Waals surface area contributed by atoms with Gasteiger partial charge in [0.05, 0.1) is 6.54 Å². The molecule has 0 fully saturated rings. The fraction of sp³-hybridized carbons (Fsp3) is 0.333. The van der Waals surface area contributed by atoms with E-state index in [2.05, 4.69) is 20.2 Å². The second-order valence-electron chi connectivity index (χ2n) is 4.26. The number of halogens is 2. The molecule has 1 aliphatic rings. The van der Waals surface area contributed by atoms with Gasteiger partial charge in [-0.25, -0.2) is 0 Å². The number of benzene rings is 1. The van der Waals surface area contributed by atoms with Gasteiger partial charge < -0.3 is 4.39 Å². The van der Waals surface area contributed by atoms with Crippen molar-refractivity contribution in [2.75, 3.05) is 14.1 Å². The Balaban J connectivity index is 2.60. The number of nitrogens with zero attached hydrogens (tertiary/aromatic N) is 1. The molecular formula is C9H12BCl2N. The van der Waals surface area contributed by atoms with Gasteiger partial charge in [0, 0.05) is 14.1 Å². The summed E-state index contributed by atoms with van der Waals surface area (Å²) in [5.74, 6) is 0. The van der Waals surface area contributed by atoms with E-state index in [0.29, 0.717) is 4.39 Å². The molecule has 70 valence electrons. The van der Waals surface area contributed by atoms with Gasteiger partial charge in [0.15, 0.2) is 0 Å². The maximum Gasteiger partial charge on any atom is 0.404 e. The lowest BCUT2D eigenvalue weighted by Crippen LogP contribution is -2.57. The van der Waals surface area contributed by atoms with Crippen LogP contribution in [0.25, 0.3) is 0 Å². The van der Waals surface area contributed by atoms with E-state index in [1.807, 2.05) is 18.2 Å². The molecule has 0 unspecified atom stereocenters. The van der Waals surface area contributed by atoms with Gasteiger partial charge in [-0.1, -0.05) is 24.3 Å². The van der Waals surface area contributed by atoms with E-state index in [4.69, 9.17) is 22.9 Å². The minimum atomic E-state index is -1.48. The average molecular weight is 216 g/mol. The zero-order valence-corrected chi connectivity index (χ0v) is 9.31. The van der Waals surface area contributed by atoms with Crippen molar-refractivity contribution in [3.63, 3.8) is 0 Å². The fourth-order valence-electron chi connectivity index (χ4n) is 1.95. The molecule has 0 saturated heterocycles. The van der Waals surface area contributed by atoms with Crippen LogP contribution in [0.3, 0.4) is 0 Å². The molecule has 0 amide bonds. The number of hydrogen-bond acceptors (Lipinski definition) is 0. The Bertz CT molecular complexity index is 349. The maximum atomic E-state index is 6.39. The third-order valence-electron chi connectivity index (χ3n) is 2.88. The molecule has 0 aliphatic carbocycles. The Morgan fingerprint density at radius 2 is 1.85 bits per heavy atom. The van der Waals surface area contributed by atoms with Crippen molar-refractivity contribution in [2.45, 2.75) is 6.54 Å². The maximum absolute atomic E-state index is 6.39. The summed E-state index contributed by atoms with van der Waals surface area (Å²) in [7, 11) is 4.14. The summed E-state index contributed by atoms with van der Waals surface area (Å²) in [4.78, 5) is 0. The molecule has 0 bridgehead atoms. The van der Waals surface area contributed by atoms with Crippen molar-refractivity contribution in [3.05, 3.63) is 29.8 Å². The van der Waals surface area contributed by atoms with Crippen LogP contribution in [-0.4, -0.2) is 23.6 Å². The summed E-state index contributed by atoms with van der Waals surface area (Å²) in [5.41, 5.74) is 2.38. The van der Waals surface area contributed by atoms with Crippen LogP contribution in [0.1, 0.15) is 5.56 Å². The monoisotopic (exact) mass is 215 g/mol. The molecule has 1 nitrogen and oxygen atoms in total. The van der Waals surface area contributed by atoms with Crippen molar-refractivity contribution in [3.8, 4) is 0 Å². The van der Waals surface area contributed by atoms with Crippen molar-refractivity contribution in [1.82, 2.24) is 0 Å². The number of quaternary nitrogens is 1. The first-order valence-electron chi connectivity index (χ1n) is 4.37. The fourth-order valence-corrected chi connectivity index (χ4v) is 2.51. The molecule has 0 radical (unpaired) electrons. The van der Waals surface area contributed by atoms with E-state index >= 15 is 0 Å². The zero-order valence-electron chi connectivity index (χ0n) is 7.80. The van der Waals surface area contributed by atoms with E-state index < -0.39 is 5.11 Å². The Morgan fingerprint density at radius 1 is 1.23 bits per heavy atom. The van der Waals surface area contributed by atoms with E-state index in [9.17, 15) is 0 Å². The number of fused-ring (bicyclic) bond motifs is 1. The average Bonchev–Trinajstić information content (AvgIpc) is 2.20. The van der Waals surface area contributed by atoms with Crippen LogP contribution < -0.4 is 5.46 Å². The number of hydrogen-bond donors (Lipinski definition) is 0. The van der Waals surface area contributed by atoms with Gasteiger partial charge in [-0.3, -0.25) is 22.9 Å². The topological polar surface area (TPSA) is 0 Å². The Morgan fingerprint density at radius 3 is 2.46 bits per heavy atom. The van der Waals surface area contributed by atoms with Gasteiger partial charge in [0.1, 0.15) is 0 Å². The molecule has 0 aromatic heterocycles. The highest BCUT2D eigenvalue weighted by atomic mass is 35.5. The van der Waals surface area contributed by atoms with E-state index in [1.165, 1.54) is 5.56 Å². The lowest BCUT2D eigenvalue weighted by molar-refractivity contribution is -0.794. The molecule has 13 heavy (non-hydrogen) atoms. The summed E-state index contributed by atoms with van der Waals surface area (Å²) >= 11 is 12.8. The number of rotatable bonds is 0. The predicted octanol–water partition coefficient (Wildman–Crippen LogP) is 1.90. The Kier molecular flexibility index (Phi) is 1.92. The molecule has 0 spiro atoms. The molecule has 1 heterocycles. The highest BCUT2D eigenvalue weighted by Gasteiger charge is 2.46. The van der Waals surface area contributed by atoms with Crippen LogP contribution in [0.15, 0.2) is 24.3 Å². The third-order valence-corrected chi connectivity index (χ3v) is 4.41. The van der Waals surface area contributed by atoms with E-state index in [0.717, 1.165) is 12.0 Å². The van der Waals surface area contributed by atoms with Crippen LogP contribution in [-0.2, 0) is 6.54 Å². The van der Waals surface area contributed by atoms with Gasteiger partial charge >= 0.3 is 5.11 Å². The molecule has 1 aliphatic heterocycles. The summed E-state index contributed by atoms with van der Waals surface area (Å²) in [6.45, 7) is 0.920. The quantitative estimate of drug-likeness (QED) is 0.581. The van der Waals surface area contributed by atoms with Crippen molar-refractivity contribution < 1.29 is 4.39 Å². The molecule has 1 aromatic rings. The zero-order chi connectivity index (χ0) is 9.69. The van der Waals surface area contributed by atoms with Crippen LogP contribution in [0.5, 0.6) is 0 Å². The molecule has 4 heteroatoms. The second-order valence-corrected chi connectivity index (χ2v) is 5.75. The molecule has 1 aromatic carbocycles. The van der Waals surface area contributed by atoms with Crippen molar-refractivity contribution in [1.29, 1.82) is 0 Å². The van der Waals surface area contributed by atoms with Crippen LogP contribution in [0.4, 0.5) is 0 Å². The lowest BCUT2D eigenvalue weighted by Gasteiger charge is -2.43. The highest BCUT2D eigenvalue weighted by molar-refractivity contribution is 7.47. The van der Waals surface area contributed by atoms with E-state index in [-0.39, 0.29) is 0 Å². The van der Waals surface area contributed by atoms with Crippen LogP contribution in [0.2, 0.25) is 0 Å².